The van der Waals surface area contributed by atoms with Gasteiger partial charge in [-0.2, -0.15) is 12.6 Å². The standard InChI is InChI=1S/C18H30O3S/c1-4-11-19-16-10-9-15(8-7-14-22)17(20-12-5-2)18(16)21-13-6-3/h9-10,22H,4-8,11-14H2,1-3H3. The fraction of sp³-hybridized carbons (Fsp3) is 0.667. The first kappa shape index (κ1) is 19.0. The number of aryl methyl sites for hydroxylation is 1. The molecule has 0 saturated heterocycles. The van der Waals surface area contributed by atoms with Gasteiger partial charge >= 0.3 is 0 Å². The van der Waals surface area contributed by atoms with E-state index in [0.29, 0.717) is 19.8 Å². The lowest BCUT2D eigenvalue weighted by molar-refractivity contribution is 0.241. The van der Waals surface area contributed by atoms with E-state index < -0.39 is 0 Å². The minimum absolute atomic E-state index is 0.668. The third kappa shape index (κ3) is 5.99. The highest BCUT2D eigenvalue weighted by molar-refractivity contribution is 7.80. The maximum Gasteiger partial charge on any atom is 0.203 e. The molecule has 0 aromatic heterocycles. The zero-order valence-corrected chi connectivity index (χ0v) is 15.1. The molecule has 0 atom stereocenters. The van der Waals surface area contributed by atoms with Crippen LogP contribution in [0.5, 0.6) is 17.2 Å². The minimum Gasteiger partial charge on any atom is -0.490 e. The fourth-order valence-electron chi connectivity index (χ4n) is 2.08. The van der Waals surface area contributed by atoms with Gasteiger partial charge in [-0.1, -0.05) is 26.8 Å². The van der Waals surface area contributed by atoms with Gasteiger partial charge in [-0.05, 0) is 49.5 Å². The van der Waals surface area contributed by atoms with Gasteiger partial charge in [-0.3, -0.25) is 0 Å². The van der Waals surface area contributed by atoms with E-state index in [4.69, 9.17) is 14.2 Å². The molecule has 1 aromatic rings. The summed E-state index contributed by atoms with van der Waals surface area (Å²) in [5, 5.41) is 0. The molecule has 4 heteroatoms. The van der Waals surface area contributed by atoms with Gasteiger partial charge in [0.15, 0.2) is 11.5 Å². The molecule has 0 bridgehead atoms. The van der Waals surface area contributed by atoms with Crippen LogP contribution in [0.25, 0.3) is 0 Å². The highest BCUT2D eigenvalue weighted by Crippen LogP contribution is 2.41. The Labute approximate surface area is 140 Å². The summed E-state index contributed by atoms with van der Waals surface area (Å²) in [6.45, 7) is 8.35. The van der Waals surface area contributed by atoms with Gasteiger partial charge in [0.05, 0.1) is 19.8 Å². The van der Waals surface area contributed by atoms with Gasteiger partial charge in [-0.25, -0.2) is 0 Å². The van der Waals surface area contributed by atoms with Crippen LogP contribution < -0.4 is 14.2 Å². The fourth-order valence-corrected chi connectivity index (χ4v) is 2.24. The van der Waals surface area contributed by atoms with Crippen molar-refractivity contribution in [1.82, 2.24) is 0 Å². The second-order valence-corrected chi connectivity index (χ2v) is 5.70. The van der Waals surface area contributed by atoms with Crippen LogP contribution in [0.2, 0.25) is 0 Å². The first-order valence-corrected chi connectivity index (χ1v) is 9.06. The van der Waals surface area contributed by atoms with Gasteiger partial charge in [-0.15, -0.1) is 0 Å². The first-order valence-electron chi connectivity index (χ1n) is 8.43. The van der Waals surface area contributed by atoms with E-state index in [0.717, 1.165) is 55.1 Å². The highest BCUT2D eigenvalue weighted by Gasteiger charge is 2.17. The molecule has 0 N–H and O–H groups in total. The predicted octanol–water partition coefficient (Wildman–Crippen LogP) is 4.92. The molecule has 126 valence electrons. The summed E-state index contributed by atoms with van der Waals surface area (Å²) in [5.74, 6) is 3.27. The molecule has 3 nitrogen and oxygen atoms in total. The summed E-state index contributed by atoms with van der Waals surface area (Å²) in [7, 11) is 0. The Kier molecular flexibility index (Phi) is 9.96. The van der Waals surface area contributed by atoms with Crippen molar-refractivity contribution in [2.45, 2.75) is 52.9 Å². The number of ether oxygens (including phenoxy) is 3. The molecule has 0 aliphatic heterocycles. The molecule has 0 unspecified atom stereocenters. The maximum absolute atomic E-state index is 6.00. The molecular weight excluding hydrogens is 296 g/mol. The largest absolute Gasteiger partial charge is 0.490 e. The Morgan fingerprint density at radius 2 is 1.41 bits per heavy atom. The lowest BCUT2D eigenvalue weighted by Gasteiger charge is -2.19. The number of hydrogen-bond acceptors (Lipinski definition) is 4. The summed E-state index contributed by atoms with van der Waals surface area (Å²) < 4.78 is 17.8. The Balaban J connectivity index is 3.11. The van der Waals surface area contributed by atoms with E-state index in [9.17, 15) is 0 Å². The molecule has 1 aromatic carbocycles. The van der Waals surface area contributed by atoms with Crippen molar-refractivity contribution in [2.24, 2.45) is 0 Å². The summed E-state index contributed by atoms with van der Waals surface area (Å²) in [5.41, 5.74) is 1.18. The van der Waals surface area contributed by atoms with Crippen LogP contribution in [-0.2, 0) is 6.42 Å². The first-order chi connectivity index (χ1) is 10.8. The third-order valence-corrected chi connectivity index (χ3v) is 3.44. The second kappa shape index (κ2) is 11.5. The lowest BCUT2D eigenvalue weighted by atomic mass is 10.1. The highest BCUT2D eigenvalue weighted by atomic mass is 32.1. The Morgan fingerprint density at radius 3 is 2.00 bits per heavy atom. The van der Waals surface area contributed by atoms with Crippen LogP contribution in [0, 0.1) is 0 Å². The molecule has 0 aliphatic carbocycles. The zero-order valence-electron chi connectivity index (χ0n) is 14.2. The van der Waals surface area contributed by atoms with E-state index >= 15 is 0 Å². The number of benzene rings is 1. The van der Waals surface area contributed by atoms with Crippen LogP contribution in [0.4, 0.5) is 0 Å². The molecule has 22 heavy (non-hydrogen) atoms. The second-order valence-electron chi connectivity index (χ2n) is 5.25. The SMILES string of the molecule is CCCOc1ccc(CCCS)c(OCCC)c1OCCC. The Hall–Kier alpha value is -1.03. The number of thiol groups is 1. The molecule has 0 fully saturated rings. The summed E-state index contributed by atoms with van der Waals surface area (Å²) in [6.07, 6.45) is 4.87. The zero-order chi connectivity index (χ0) is 16.2. The molecule has 0 radical (unpaired) electrons. The van der Waals surface area contributed by atoms with Gasteiger partial charge in [0.1, 0.15) is 0 Å². The van der Waals surface area contributed by atoms with Crippen LogP contribution in [0.15, 0.2) is 12.1 Å². The minimum atomic E-state index is 0.668. The third-order valence-electron chi connectivity index (χ3n) is 3.12. The lowest BCUT2D eigenvalue weighted by Crippen LogP contribution is -2.07. The molecule has 0 saturated carbocycles. The smallest absolute Gasteiger partial charge is 0.203 e. The summed E-state index contributed by atoms with van der Waals surface area (Å²) in [6, 6.07) is 4.10. The Morgan fingerprint density at radius 1 is 0.818 bits per heavy atom. The molecule has 0 spiro atoms. The molecular formula is C18H30O3S. The molecule has 0 heterocycles. The average Bonchev–Trinajstić information content (AvgIpc) is 2.55. The predicted molar refractivity (Wildman–Crippen MR) is 96.0 cm³/mol. The molecule has 0 amide bonds. The number of rotatable bonds is 12. The van der Waals surface area contributed by atoms with E-state index in [1.807, 2.05) is 6.07 Å². The van der Waals surface area contributed by atoms with Crippen LogP contribution >= 0.6 is 12.6 Å². The van der Waals surface area contributed by atoms with Crippen molar-refractivity contribution in [3.8, 4) is 17.2 Å². The summed E-state index contributed by atoms with van der Waals surface area (Å²) in [4.78, 5) is 0. The average molecular weight is 327 g/mol. The van der Waals surface area contributed by atoms with Crippen LogP contribution in [0.1, 0.15) is 52.0 Å². The quantitative estimate of drug-likeness (QED) is 0.553. The van der Waals surface area contributed by atoms with Crippen molar-refractivity contribution < 1.29 is 14.2 Å². The van der Waals surface area contributed by atoms with Crippen molar-refractivity contribution in [1.29, 1.82) is 0 Å². The van der Waals surface area contributed by atoms with E-state index in [1.165, 1.54) is 5.56 Å². The van der Waals surface area contributed by atoms with Gasteiger partial charge in [0.2, 0.25) is 5.75 Å². The topological polar surface area (TPSA) is 27.7 Å². The van der Waals surface area contributed by atoms with Crippen molar-refractivity contribution in [3.63, 3.8) is 0 Å². The Bertz CT molecular complexity index is 382. The van der Waals surface area contributed by atoms with Gasteiger partial charge < -0.3 is 14.2 Å². The molecule has 0 aliphatic rings. The normalized spacial score (nSPS) is 10.5. The van der Waals surface area contributed by atoms with Crippen LogP contribution in [-0.4, -0.2) is 25.6 Å². The van der Waals surface area contributed by atoms with Crippen LogP contribution in [0.3, 0.4) is 0 Å². The van der Waals surface area contributed by atoms with Crippen molar-refractivity contribution in [3.05, 3.63) is 17.7 Å². The van der Waals surface area contributed by atoms with Crippen molar-refractivity contribution >= 4 is 12.6 Å². The van der Waals surface area contributed by atoms with Gasteiger partial charge in [0, 0.05) is 0 Å². The van der Waals surface area contributed by atoms with Gasteiger partial charge in [0.25, 0.3) is 0 Å². The van der Waals surface area contributed by atoms with E-state index in [1.54, 1.807) is 0 Å². The monoisotopic (exact) mass is 326 g/mol. The van der Waals surface area contributed by atoms with Crippen molar-refractivity contribution in [2.75, 3.05) is 25.6 Å². The summed E-state index contributed by atoms with van der Waals surface area (Å²) >= 11 is 4.31. The molecule has 1 rings (SSSR count). The number of hydrogen-bond donors (Lipinski definition) is 1. The van der Waals surface area contributed by atoms with E-state index in [2.05, 4.69) is 39.5 Å². The maximum atomic E-state index is 6.00. The van der Waals surface area contributed by atoms with E-state index in [-0.39, 0.29) is 0 Å².